The van der Waals surface area contributed by atoms with Gasteiger partial charge in [-0.1, -0.05) is 35.9 Å². The van der Waals surface area contributed by atoms with Gasteiger partial charge < -0.3 is 15.0 Å². The monoisotopic (exact) mass is 414 g/mol. The van der Waals surface area contributed by atoms with Gasteiger partial charge in [-0.05, 0) is 68.3 Å². The molecule has 0 aliphatic carbocycles. The summed E-state index contributed by atoms with van der Waals surface area (Å²) in [7, 11) is 0. The summed E-state index contributed by atoms with van der Waals surface area (Å²) in [5.74, 6) is 0.956. The lowest BCUT2D eigenvalue weighted by Gasteiger charge is -2.19. The van der Waals surface area contributed by atoms with Crippen molar-refractivity contribution in [3.8, 4) is 11.5 Å². The van der Waals surface area contributed by atoms with Crippen LogP contribution in [-0.2, 0) is 9.59 Å². The Morgan fingerprint density at radius 2 is 1.71 bits per heavy atom. The van der Waals surface area contributed by atoms with Gasteiger partial charge in [-0.2, -0.15) is 0 Å². The number of rotatable bonds is 5. The van der Waals surface area contributed by atoms with Crippen molar-refractivity contribution in [1.82, 2.24) is 0 Å². The van der Waals surface area contributed by atoms with E-state index in [4.69, 9.17) is 4.74 Å². The Labute approximate surface area is 182 Å². The lowest BCUT2D eigenvalue weighted by Crippen LogP contribution is -2.28. The number of hydrogen-bond acceptors (Lipinski definition) is 3. The van der Waals surface area contributed by atoms with Crippen molar-refractivity contribution < 1.29 is 14.3 Å². The number of ether oxygens (including phenoxy) is 1. The Kier molecular flexibility index (Phi) is 5.76. The molecule has 1 atom stereocenters. The van der Waals surface area contributed by atoms with Crippen LogP contribution in [0, 0.1) is 26.7 Å². The molecule has 0 unspecified atom stereocenters. The molecule has 31 heavy (non-hydrogen) atoms. The van der Waals surface area contributed by atoms with E-state index >= 15 is 0 Å². The van der Waals surface area contributed by atoms with Gasteiger partial charge >= 0.3 is 0 Å². The summed E-state index contributed by atoms with van der Waals surface area (Å²) < 4.78 is 5.90. The molecule has 1 saturated heterocycles. The largest absolute Gasteiger partial charge is 0.457 e. The molecule has 1 aliphatic rings. The van der Waals surface area contributed by atoms with E-state index in [9.17, 15) is 9.59 Å². The molecule has 1 N–H and O–H groups in total. The van der Waals surface area contributed by atoms with Gasteiger partial charge in [-0.25, -0.2) is 0 Å². The van der Waals surface area contributed by atoms with Crippen LogP contribution in [0.25, 0.3) is 0 Å². The number of carbonyl (C=O) groups excluding carboxylic acids is 2. The van der Waals surface area contributed by atoms with E-state index in [2.05, 4.69) is 11.4 Å². The average molecular weight is 415 g/mol. The van der Waals surface area contributed by atoms with Crippen molar-refractivity contribution >= 4 is 23.2 Å². The van der Waals surface area contributed by atoms with Crippen LogP contribution in [0.5, 0.6) is 11.5 Å². The molecule has 0 aromatic heterocycles. The van der Waals surface area contributed by atoms with Gasteiger partial charge in [0.1, 0.15) is 11.5 Å². The van der Waals surface area contributed by atoms with Gasteiger partial charge in [0.25, 0.3) is 0 Å². The molecule has 1 heterocycles. The third-order valence-electron chi connectivity index (χ3n) is 5.58. The second-order valence-corrected chi connectivity index (χ2v) is 8.08. The number of hydrogen-bond donors (Lipinski definition) is 1. The first-order valence-corrected chi connectivity index (χ1v) is 10.4. The van der Waals surface area contributed by atoms with Crippen molar-refractivity contribution in [3.05, 3.63) is 83.4 Å². The van der Waals surface area contributed by atoms with Crippen LogP contribution in [0.2, 0.25) is 0 Å². The van der Waals surface area contributed by atoms with Crippen LogP contribution in [-0.4, -0.2) is 18.4 Å². The third-order valence-corrected chi connectivity index (χ3v) is 5.58. The summed E-state index contributed by atoms with van der Waals surface area (Å²) in [5.41, 5.74) is 4.80. The molecule has 158 valence electrons. The number of benzene rings is 3. The second-order valence-electron chi connectivity index (χ2n) is 8.08. The molecule has 1 aliphatic heterocycles. The fourth-order valence-corrected chi connectivity index (χ4v) is 3.87. The zero-order valence-electron chi connectivity index (χ0n) is 18.0. The Balaban J connectivity index is 1.39. The number of amides is 2. The van der Waals surface area contributed by atoms with Crippen molar-refractivity contribution in [1.29, 1.82) is 0 Å². The first-order valence-electron chi connectivity index (χ1n) is 10.4. The van der Waals surface area contributed by atoms with Crippen LogP contribution >= 0.6 is 0 Å². The number of nitrogens with one attached hydrogen (secondary N) is 1. The number of para-hydroxylation sites is 1. The highest BCUT2D eigenvalue weighted by Crippen LogP contribution is 2.30. The molecule has 5 heteroatoms. The fourth-order valence-electron chi connectivity index (χ4n) is 3.87. The van der Waals surface area contributed by atoms with E-state index in [1.807, 2.05) is 81.4 Å². The highest BCUT2D eigenvalue weighted by atomic mass is 16.5. The minimum atomic E-state index is -0.379. The Morgan fingerprint density at radius 1 is 0.968 bits per heavy atom. The fraction of sp³-hybridized carbons (Fsp3) is 0.231. The summed E-state index contributed by atoms with van der Waals surface area (Å²) in [6.45, 7) is 6.40. The van der Waals surface area contributed by atoms with Crippen molar-refractivity contribution in [2.75, 3.05) is 16.8 Å². The van der Waals surface area contributed by atoms with Crippen molar-refractivity contribution in [3.63, 3.8) is 0 Å². The predicted octanol–water partition coefficient (Wildman–Crippen LogP) is 5.40. The molecule has 3 aromatic rings. The van der Waals surface area contributed by atoms with E-state index in [1.54, 1.807) is 4.90 Å². The van der Waals surface area contributed by atoms with Gasteiger partial charge in [0.15, 0.2) is 0 Å². The average Bonchev–Trinajstić information content (AvgIpc) is 3.13. The summed E-state index contributed by atoms with van der Waals surface area (Å²) in [4.78, 5) is 27.1. The standard InChI is InChI=1S/C26H26N2O3/c1-17-8-13-23(19(3)14-17)28-16-20(15-25(28)29)26(30)27-21-9-11-22(12-10-21)31-24-7-5-4-6-18(24)2/h4-14,20H,15-16H2,1-3H3,(H,27,30)/t20-/m1/s1. The Bertz CT molecular complexity index is 1120. The molecular formula is C26H26N2O3. The van der Waals surface area contributed by atoms with Crippen LogP contribution in [0.1, 0.15) is 23.1 Å². The molecule has 0 radical (unpaired) electrons. The van der Waals surface area contributed by atoms with Gasteiger partial charge in [-0.3, -0.25) is 9.59 Å². The molecular weight excluding hydrogens is 388 g/mol. The van der Waals surface area contributed by atoms with E-state index in [-0.39, 0.29) is 24.2 Å². The molecule has 4 rings (SSSR count). The van der Waals surface area contributed by atoms with Gasteiger partial charge in [0, 0.05) is 24.3 Å². The lowest BCUT2D eigenvalue weighted by molar-refractivity contribution is -0.122. The molecule has 0 bridgehead atoms. The maximum absolute atomic E-state index is 12.8. The van der Waals surface area contributed by atoms with E-state index in [0.717, 1.165) is 28.1 Å². The molecule has 3 aromatic carbocycles. The second kappa shape index (κ2) is 8.64. The topological polar surface area (TPSA) is 58.6 Å². The number of carbonyl (C=O) groups is 2. The number of nitrogens with zero attached hydrogens (tertiary/aromatic N) is 1. The molecule has 1 fully saturated rings. The van der Waals surface area contributed by atoms with Crippen LogP contribution < -0.4 is 15.0 Å². The van der Waals surface area contributed by atoms with E-state index < -0.39 is 0 Å². The quantitative estimate of drug-likeness (QED) is 0.608. The smallest absolute Gasteiger partial charge is 0.229 e. The van der Waals surface area contributed by atoms with Crippen LogP contribution in [0.3, 0.4) is 0 Å². The highest BCUT2D eigenvalue weighted by Gasteiger charge is 2.35. The van der Waals surface area contributed by atoms with Crippen molar-refractivity contribution in [2.24, 2.45) is 5.92 Å². The zero-order valence-corrected chi connectivity index (χ0v) is 18.0. The molecule has 2 amide bonds. The highest BCUT2D eigenvalue weighted by molar-refractivity contribution is 6.03. The molecule has 0 spiro atoms. The Hall–Kier alpha value is -3.60. The maximum atomic E-state index is 12.8. The molecule has 5 nitrogen and oxygen atoms in total. The maximum Gasteiger partial charge on any atom is 0.229 e. The van der Waals surface area contributed by atoms with Crippen LogP contribution in [0.15, 0.2) is 66.7 Å². The lowest BCUT2D eigenvalue weighted by atomic mass is 10.1. The zero-order chi connectivity index (χ0) is 22.0. The van der Waals surface area contributed by atoms with E-state index in [1.165, 1.54) is 0 Å². The van der Waals surface area contributed by atoms with Gasteiger partial charge in [0.05, 0.1) is 5.92 Å². The Morgan fingerprint density at radius 3 is 2.42 bits per heavy atom. The first-order chi connectivity index (χ1) is 14.9. The van der Waals surface area contributed by atoms with Crippen molar-refractivity contribution in [2.45, 2.75) is 27.2 Å². The normalized spacial score (nSPS) is 15.8. The van der Waals surface area contributed by atoms with Gasteiger partial charge in [0.2, 0.25) is 11.8 Å². The molecule has 0 saturated carbocycles. The summed E-state index contributed by atoms with van der Waals surface area (Å²) in [6, 6.07) is 21.1. The third kappa shape index (κ3) is 4.61. The predicted molar refractivity (Wildman–Crippen MR) is 123 cm³/mol. The number of aryl methyl sites for hydroxylation is 3. The first kappa shape index (κ1) is 20.7. The summed E-state index contributed by atoms with van der Waals surface area (Å²) in [6.07, 6.45) is 0.216. The van der Waals surface area contributed by atoms with E-state index in [0.29, 0.717) is 18.0 Å². The number of anilines is 2. The minimum Gasteiger partial charge on any atom is -0.457 e. The van der Waals surface area contributed by atoms with Crippen LogP contribution in [0.4, 0.5) is 11.4 Å². The summed E-state index contributed by atoms with van der Waals surface area (Å²) >= 11 is 0. The summed E-state index contributed by atoms with van der Waals surface area (Å²) in [5, 5.41) is 2.93. The van der Waals surface area contributed by atoms with Gasteiger partial charge in [-0.15, -0.1) is 0 Å². The SMILES string of the molecule is Cc1ccc(N2C[C@H](C(=O)Nc3ccc(Oc4ccccc4C)cc3)CC2=O)c(C)c1. The minimum absolute atomic E-state index is 0.0194.